The summed E-state index contributed by atoms with van der Waals surface area (Å²) in [7, 11) is 4.50. The van der Waals surface area contributed by atoms with Crippen LogP contribution in [0.5, 0.6) is 0 Å². The average molecular weight is 806 g/mol. The lowest BCUT2D eigenvalue weighted by molar-refractivity contribution is -0.0604. The molecule has 5 heterocycles. The van der Waals surface area contributed by atoms with Crippen molar-refractivity contribution < 1.29 is 9.47 Å². The molecule has 9 heteroatoms. The Hall–Kier alpha value is -0.360. The van der Waals surface area contributed by atoms with E-state index in [-0.39, 0.29) is 0 Å². The van der Waals surface area contributed by atoms with Crippen molar-refractivity contribution in [2.75, 3.05) is 125 Å². The van der Waals surface area contributed by atoms with E-state index in [1.54, 1.807) is 0 Å². The van der Waals surface area contributed by atoms with E-state index in [0.717, 1.165) is 30.8 Å². The van der Waals surface area contributed by atoms with E-state index < -0.39 is 0 Å². The quantitative estimate of drug-likeness (QED) is 0.227. The molecule has 7 fully saturated rings. The van der Waals surface area contributed by atoms with E-state index in [0.29, 0.717) is 30.5 Å². The van der Waals surface area contributed by atoms with Crippen LogP contribution < -0.4 is 5.32 Å². The molecule has 1 unspecified atom stereocenters. The topological polar surface area (TPSA) is 49.9 Å². The Kier molecular flexibility index (Phi) is 26.7. The highest BCUT2D eigenvalue weighted by Crippen LogP contribution is 2.31. The van der Waals surface area contributed by atoms with Crippen LogP contribution in [0, 0.1) is 17.8 Å². The molecule has 0 radical (unpaired) electrons. The number of piperazine rings is 2. The predicted molar refractivity (Wildman–Crippen MR) is 246 cm³/mol. The second-order valence-electron chi connectivity index (χ2n) is 18.5. The minimum Gasteiger partial charge on any atom is -0.375 e. The number of hydrogen-bond donors (Lipinski definition) is 1. The van der Waals surface area contributed by atoms with E-state index in [4.69, 9.17) is 9.47 Å². The first kappa shape index (κ1) is 51.0. The number of hydrogen-bond acceptors (Lipinski definition) is 9. The van der Waals surface area contributed by atoms with E-state index >= 15 is 0 Å². The standard InChI is InChI=1S/C23H44N4O.C19H37N3O.3C2H6/c1-24-11-8-23(9-12-24)28-22-5-3-20(4-6-22)18-26-13-15-27(16-14-26)19-21-7-10-25(2)17-21;1-16(2)22-13-11-21(12-14-22)15-17-3-5-18(6-4-17)23-19-7-9-20-10-8-19;3*1-2/h20-23H,3-19H2,1-2H3;16-20H,3-15H2,1-2H3;3*1-2H3. The molecule has 2 aliphatic carbocycles. The molecule has 2 saturated carbocycles. The molecule has 7 aliphatic rings. The highest BCUT2D eigenvalue weighted by Gasteiger charge is 2.30. The van der Waals surface area contributed by atoms with Gasteiger partial charge in [0.15, 0.2) is 0 Å². The minimum atomic E-state index is 0.530. The number of nitrogens with one attached hydrogen (secondary N) is 1. The molecule has 9 nitrogen and oxygen atoms in total. The van der Waals surface area contributed by atoms with Gasteiger partial charge in [-0.05, 0) is 149 Å². The summed E-state index contributed by atoms with van der Waals surface area (Å²) in [4.78, 5) is 15.7. The van der Waals surface area contributed by atoms with Crippen molar-refractivity contribution in [3.05, 3.63) is 0 Å². The van der Waals surface area contributed by atoms with Crippen molar-refractivity contribution in [1.29, 1.82) is 0 Å². The molecule has 0 aromatic rings. The molecule has 7 rings (SSSR count). The third-order valence-corrected chi connectivity index (χ3v) is 13.9. The Morgan fingerprint density at radius 1 is 0.421 bits per heavy atom. The van der Waals surface area contributed by atoms with Crippen LogP contribution in [0.1, 0.15) is 139 Å². The van der Waals surface area contributed by atoms with Gasteiger partial charge < -0.3 is 39.3 Å². The zero-order valence-electron chi connectivity index (χ0n) is 39.8. The van der Waals surface area contributed by atoms with Gasteiger partial charge in [-0.2, -0.15) is 0 Å². The van der Waals surface area contributed by atoms with Crippen LogP contribution in [0.25, 0.3) is 0 Å². The molecule has 0 aromatic carbocycles. The van der Waals surface area contributed by atoms with Gasteiger partial charge >= 0.3 is 0 Å². The molecule has 5 aliphatic heterocycles. The molecule has 57 heavy (non-hydrogen) atoms. The second-order valence-corrected chi connectivity index (χ2v) is 18.5. The van der Waals surface area contributed by atoms with E-state index in [9.17, 15) is 0 Å². The first-order valence-corrected chi connectivity index (χ1v) is 25.1. The van der Waals surface area contributed by atoms with Gasteiger partial charge in [0.05, 0.1) is 24.4 Å². The molecule has 0 aromatic heterocycles. The van der Waals surface area contributed by atoms with Gasteiger partial charge in [-0.25, -0.2) is 0 Å². The Labute approximate surface area is 355 Å². The maximum absolute atomic E-state index is 6.45. The van der Waals surface area contributed by atoms with Gasteiger partial charge in [-0.15, -0.1) is 0 Å². The summed E-state index contributed by atoms with van der Waals surface area (Å²) in [5.74, 6) is 2.73. The van der Waals surface area contributed by atoms with Gasteiger partial charge in [0.25, 0.3) is 0 Å². The summed E-state index contributed by atoms with van der Waals surface area (Å²) in [6, 6.07) is 0.708. The second kappa shape index (κ2) is 29.8. The molecule has 0 amide bonds. The fourth-order valence-corrected chi connectivity index (χ4v) is 10.4. The van der Waals surface area contributed by atoms with Crippen LogP contribution >= 0.6 is 0 Å². The molecule has 5 saturated heterocycles. The summed E-state index contributed by atoms with van der Waals surface area (Å²) < 4.78 is 12.8. The normalized spacial score (nSPS) is 30.9. The number of nitrogens with zero attached hydrogens (tertiary/aromatic N) is 6. The fraction of sp³-hybridized carbons (Fsp3) is 1.00. The van der Waals surface area contributed by atoms with E-state index in [1.165, 1.54) is 182 Å². The van der Waals surface area contributed by atoms with Crippen molar-refractivity contribution in [1.82, 2.24) is 34.7 Å². The maximum atomic E-state index is 6.45. The molecule has 0 spiro atoms. The highest BCUT2D eigenvalue weighted by molar-refractivity contribution is 4.84. The fourth-order valence-electron chi connectivity index (χ4n) is 10.4. The van der Waals surface area contributed by atoms with Gasteiger partial charge in [0.2, 0.25) is 0 Å². The summed E-state index contributed by atoms with van der Waals surface area (Å²) in [6.45, 7) is 38.1. The van der Waals surface area contributed by atoms with Crippen molar-refractivity contribution in [3.63, 3.8) is 0 Å². The zero-order valence-corrected chi connectivity index (χ0v) is 39.8. The third-order valence-electron chi connectivity index (χ3n) is 13.9. The van der Waals surface area contributed by atoms with Gasteiger partial charge in [0, 0.05) is 97.7 Å². The minimum absolute atomic E-state index is 0.530. The van der Waals surface area contributed by atoms with Crippen molar-refractivity contribution in [3.8, 4) is 0 Å². The SMILES string of the molecule is CC.CC.CC.CC(C)N1CCN(CC2CCC(OC3CCNCC3)CC2)CC1.CN1CCC(OC2CCC(CN3CCN(CC4CCN(C)C4)CC3)CC2)CC1. The lowest BCUT2D eigenvalue weighted by Crippen LogP contribution is -2.50. The Bertz CT molecular complexity index is 929. The number of rotatable bonds is 11. The maximum Gasteiger partial charge on any atom is 0.0603 e. The Morgan fingerprint density at radius 2 is 0.789 bits per heavy atom. The number of likely N-dealkylation sites (tertiary alicyclic amines) is 2. The summed E-state index contributed by atoms with van der Waals surface area (Å²) >= 11 is 0. The first-order valence-electron chi connectivity index (χ1n) is 25.1. The molecule has 338 valence electrons. The van der Waals surface area contributed by atoms with Crippen LogP contribution in [-0.2, 0) is 9.47 Å². The lowest BCUT2D eigenvalue weighted by Gasteiger charge is -2.40. The molecular formula is C48H99N7O2. The van der Waals surface area contributed by atoms with Crippen molar-refractivity contribution >= 4 is 0 Å². The first-order chi connectivity index (χ1) is 27.8. The molecule has 1 N–H and O–H groups in total. The zero-order chi connectivity index (χ0) is 41.4. The Morgan fingerprint density at radius 3 is 1.19 bits per heavy atom. The predicted octanol–water partition coefficient (Wildman–Crippen LogP) is 7.64. The van der Waals surface area contributed by atoms with Crippen LogP contribution in [0.2, 0.25) is 0 Å². The van der Waals surface area contributed by atoms with E-state index in [1.807, 2.05) is 41.5 Å². The summed E-state index contributed by atoms with van der Waals surface area (Å²) in [5.41, 5.74) is 0. The molecular weight excluding hydrogens is 707 g/mol. The van der Waals surface area contributed by atoms with Crippen LogP contribution in [0.15, 0.2) is 0 Å². The molecule has 0 bridgehead atoms. The van der Waals surface area contributed by atoms with Crippen LogP contribution in [-0.4, -0.2) is 185 Å². The van der Waals surface area contributed by atoms with Crippen LogP contribution in [0.4, 0.5) is 0 Å². The van der Waals surface area contributed by atoms with Gasteiger partial charge in [-0.3, -0.25) is 4.90 Å². The third kappa shape index (κ3) is 19.5. The number of ether oxygens (including phenoxy) is 2. The van der Waals surface area contributed by atoms with Crippen LogP contribution in [0.3, 0.4) is 0 Å². The average Bonchev–Trinajstić information content (AvgIpc) is 3.68. The Balaban J connectivity index is 0.000000274. The van der Waals surface area contributed by atoms with E-state index in [2.05, 4.69) is 62.7 Å². The number of piperidine rings is 2. The van der Waals surface area contributed by atoms with Crippen molar-refractivity contribution in [2.45, 2.75) is 169 Å². The molecule has 1 atom stereocenters. The van der Waals surface area contributed by atoms with Crippen molar-refractivity contribution in [2.24, 2.45) is 17.8 Å². The smallest absolute Gasteiger partial charge is 0.0603 e. The summed E-state index contributed by atoms with van der Waals surface area (Å²) in [5, 5.41) is 3.43. The van der Waals surface area contributed by atoms with Gasteiger partial charge in [-0.1, -0.05) is 41.5 Å². The summed E-state index contributed by atoms with van der Waals surface area (Å²) in [6.07, 6.45) is 19.1. The van der Waals surface area contributed by atoms with Gasteiger partial charge in [0.1, 0.15) is 0 Å². The highest BCUT2D eigenvalue weighted by atomic mass is 16.5. The lowest BCUT2D eigenvalue weighted by atomic mass is 9.86. The monoisotopic (exact) mass is 806 g/mol. The largest absolute Gasteiger partial charge is 0.375 e.